The summed E-state index contributed by atoms with van der Waals surface area (Å²) in [6, 6.07) is 47.8. The Labute approximate surface area is 303 Å². The molecule has 9 heteroatoms. The van der Waals surface area contributed by atoms with Crippen LogP contribution in [0.15, 0.2) is 146 Å². The minimum absolute atomic E-state index is 0.222. The van der Waals surface area contributed by atoms with Crippen molar-refractivity contribution in [1.82, 2.24) is 29.8 Å². The van der Waals surface area contributed by atoms with Crippen molar-refractivity contribution in [3.8, 4) is 22.5 Å². The molecule has 9 nitrogen and oxygen atoms in total. The average molecular weight is 688 g/mol. The second-order valence-electron chi connectivity index (χ2n) is 12.7. The lowest BCUT2D eigenvalue weighted by atomic mass is 9.77. The molecule has 7 rings (SSSR count). The maximum Gasteiger partial charge on any atom is 0.356 e. The highest BCUT2D eigenvalue weighted by molar-refractivity contribution is 5.91. The van der Waals surface area contributed by atoms with Crippen LogP contribution in [0, 0.1) is 0 Å². The van der Waals surface area contributed by atoms with Crippen molar-refractivity contribution in [1.29, 1.82) is 0 Å². The molecule has 0 radical (unpaired) electrons. The summed E-state index contributed by atoms with van der Waals surface area (Å²) < 4.78 is 3.65. The van der Waals surface area contributed by atoms with Gasteiger partial charge >= 0.3 is 5.97 Å². The lowest BCUT2D eigenvalue weighted by molar-refractivity contribution is 0.0686. The zero-order valence-corrected chi connectivity index (χ0v) is 29.4. The molecule has 2 aromatic heterocycles. The first kappa shape index (κ1) is 34.1. The molecule has 2 heterocycles. The van der Waals surface area contributed by atoms with Crippen molar-refractivity contribution >= 4 is 11.8 Å². The number of nitrogens with zero attached hydrogens (tertiary/aromatic N) is 7. The Morgan fingerprint density at radius 3 is 1.83 bits per heavy atom. The monoisotopic (exact) mass is 687 g/mol. The SMILES string of the molecule is CCCCN(Cc1ccc(-c2ccccc2-c2nnnn2C(c2ccccc2)(c2ccccc2)c2ccccc2)cc1)c1ncn(CC)c1C(=O)O. The van der Waals surface area contributed by atoms with Gasteiger partial charge in [-0.3, -0.25) is 0 Å². The van der Waals surface area contributed by atoms with Gasteiger partial charge in [0.2, 0.25) is 0 Å². The molecule has 0 unspecified atom stereocenters. The molecule has 0 fully saturated rings. The van der Waals surface area contributed by atoms with E-state index in [0.29, 0.717) is 31.3 Å². The molecular weight excluding hydrogens is 647 g/mol. The summed E-state index contributed by atoms with van der Waals surface area (Å²) >= 11 is 0. The maximum absolute atomic E-state index is 12.2. The van der Waals surface area contributed by atoms with Gasteiger partial charge < -0.3 is 14.6 Å². The van der Waals surface area contributed by atoms with E-state index in [4.69, 9.17) is 10.3 Å². The van der Waals surface area contributed by atoms with Crippen LogP contribution in [0.4, 0.5) is 5.82 Å². The van der Waals surface area contributed by atoms with Crippen LogP contribution in [0.3, 0.4) is 0 Å². The highest BCUT2D eigenvalue weighted by atomic mass is 16.4. The number of aryl methyl sites for hydroxylation is 1. The Balaban J connectivity index is 1.31. The van der Waals surface area contributed by atoms with Crippen LogP contribution >= 0.6 is 0 Å². The molecule has 0 aliphatic rings. The minimum Gasteiger partial charge on any atom is -0.476 e. The predicted octanol–water partition coefficient (Wildman–Crippen LogP) is 8.57. The van der Waals surface area contributed by atoms with E-state index in [0.717, 1.165) is 51.8 Å². The Kier molecular flexibility index (Phi) is 10.0. The molecule has 1 N–H and O–H groups in total. The van der Waals surface area contributed by atoms with E-state index >= 15 is 0 Å². The maximum atomic E-state index is 12.2. The van der Waals surface area contributed by atoms with Crippen molar-refractivity contribution in [3.05, 3.63) is 174 Å². The van der Waals surface area contributed by atoms with E-state index in [1.54, 1.807) is 10.9 Å². The number of hydrogen-bond donors (Lipinski definition) is 1. The second-order valence-corrected chi connectivity index (χ2v) is 12.7. The number of benzene rings is 5. The van der Waals surface area contributed by atoms with Crippen LogP contribution in [0.1, 0.15) is 59.4 Å². The van der Waals surface area contributed by atoms with Crippen molar-refractivity contribution in [2.24, 2.45) is 0 Å². The van der Waals surface area contributed by atoms with Gasteiger partial charge in [-0.1, -0.05) is 153 Å². The van der Waals surface area contributed by atoms with Crippen LogP contribution < -0.4 is 4.90 Å². The molecule has 0 aliphatic heterocycles. The number of aromatic carboxylic acids is 1. The van der Waals surface area contributed by atoms with Gasteiger partial charge in [-0.2, -0.15) is 0 Å². The van der Waals surface area contributed by atoms with Crippen molar-refractivity contribution in [2.45, 2.75) is 45.3 Å². The van der Waals surface area contributed by atoms with Crippen LogP contribution in [0.5, 0.6) is 0 Å². The third kappa shape index (κ3) is 6.37. The van der Waals surface area contributed by atoms with E-state index in [9.17, 15) is 9.90 Å². The molecular formula is C43H41N7O2. The normalized spacial score (nSPS) is 11.4. The number of anilines is 1. The minimum atomic E-state index is -0.971. The number of aromatic nitrogens is 6. The third-order valence-electron chi connectivity index (χ3n) is 9.61. The van der Waals surface area contributed by atoms with Crippen LogP contribution in [-0.2, 0) is 18.6 Å². The van der Waals surface area contributed by atoms with Gasteiger partial charge in [0.1, 0.15) is 5.54 Å². The second kappa shape index (κ2) is 15.3. The molecule has 0 saturated carbocycles. The summed E-state index contributed by atoms with van der Waals surface area (Å²) in [5, 5.41) is 23.8. The zero-order chi connectivity index (χ0) is 35.9. The van der Waals surface area contributed by atoms with E-state index in [2.05, 4.69) is 131 Å². The number of carbonyl (C=O) groups is 1. The van der Waals surface area contributed by atoms with Gasteiger partial charge in [-0.05, 0) is 57.2 Å². The number of carboxylic acids is 1. The van der Waals surface area contributed by atoms with Crippen LogP contribution in [0.25, 0.3) is 22.5 Å². The van der Waals surface area contributed by atoms with Crippen molar-refractivity contribution in [2.75, 3.05) is 11.4 Å². The summed E-state index contributed by atoms with van der Waals surface area (Å²) in [6.45, 7) is 5.84. The Bertz CT molecular complexity index is 2130. The molecule has 7 aromatic rings. The topological polar surface area (TPSA) is 102 Å². The molecule has 5 aromatic carbocycles. The third-order valence-corrected chi connectivity index (χ3v) is 9.61. The van der Waals surface area contributed by atoms with E-state index in [1.807, 2.05) is 41.9 Å². The zero-order valence-electron chi connectivity index (χ0n) is 29.4. The van der Waals surface area contributed by atoms with E-state index in [-0.39, 0.29) is 5.69 Å². The summed E-state index contributed by atoms with van der Waals surface area (Å²) in [4.78, 5) is 18.9. The van der Waals surface area contributed by atoms with Gasteiger partial charge in [0.05, 0.1) is 6.33 Å². The summed E-state index contributed by atoms with van der Waals surface area (Å²) in [5.74, 6) is 0.165. The van der Waals surface area contributed by atoms with Gasteiger partial charge in [-0.15, -0.1) is 5.10 Å². The van der Waals surface area contributed by atoms with Crippen LogP contribution in [-0.4, -0.2) is 47.4 Å². The highest BCUT2D eigenvalue weighted by Gasteiger charge is 2.42. The molecule has 0 atom stereocenters. The summed E-state index contributed by atoms with van der Waals surface area (Å²) in [6.07, 6.45) is 3.53. The number of imidazole rings is 1. The standard InChI is InChI=1S/C43H41N7O2/c1-3-5-29-49(41-39(42(51)52)48(4-2)31-44-41)30-32-25-27-33(28-26-32)37-23-15-16-24-38(37)40-45-46-47-50(40)43(34-17-9-6-10-18-34,35-19-11-7-12-20-35)36-21-13-8-14-22-36/h6-28,31H,3-5,29-30H2,1-2H3,(H,51,52). The first-order valence-electron chi connectivity index (χ1n) is 17.7. The van der Waals surface area contributed by atoms with Gasteiger partial charge in [-0.25, -0.2) is 14.5 Å². The Morgan fingerprint density at radius 2 is 1.29 bits per heavy atom. The van der Waals surface area contributed by atoms with Gasteiger partial charge in [0.25, 0.3) is 0 Å². The molecule has 0 spiro atoms. The first-order chi connectivity index (χ1) is 25.6. The lowest BCUT2D eigenvalue weighted by Crippen LogP contribution is -2.39. The number of carboxylic acid groups (broad SMARTS) is 1. The average Bonchev–Trinajstić information content (AvgIpc) is 3.87. The fraction of sp³-hybridized carbons (Fsp3) is 0.186. The predicted molar refractivity (Wildman–Crippen MR) is 204 cm³/mol. The summed E-state index contributed by atoms with van der Waals surface area (Å²) in [7, 11) is 0. The van der Waals surface area contributed by atoms with Crippen molar-refractivity contribution < 1.29 is 9.90 Å². The number of hydrogen-bond acceptors (Lipinski definition) is 6. The van der Waals surface area contributed by atoms with Crippen molar-refractivity contribution in [3.63, 3.8) is 0 Å². The molecule has 0 bridgehead atoms. The molecule has 0 amide bonds. The summed E-state index contributed by atoms with van der Waals surface area (Å²) in [5.41, 5.74) is 6.40. The largest absolute Gasteiger partial charge is 0.476 e. The van der Waals surface area contributed by atoms with E-state index in [1.165, 1.54) is 0 Å². The Hall–Kier alpha value is -6.35. The molecule has 0 saturated heterocycles. The van der Waals surface area contributed by atoms with Gasteiger partial charge in [0, 0.05) is 25.2 Å². The first-order valence-corrected chi connectivity index (χ1v) is 17.7. The highest BCUT2D eigenvalue weighted by Crippen LogP contribution is 2.43. The molecule has 260 valence electrons. The Morgan fingerprint density at radius 1 is 0.731 bits per heavy atom. The molecule has 0 aliphatic carbocycles. The van der Waals surface area contributed by atoms with E-state index < -0.39 is 11.5 Å². The fourth-order valence-electron chi connectivity index (χ4n) is 7.10. The van der Waals surface area contributed by atoms with Crippen LogP contribution in [0.2, 0.25) is 0 Å². The lowest BCUT2D eigenvalue weighted by Gasteiger charge is -2.36. The number of rotatable bonds is 14. The quantitative estimate of drug-likeness (QED) is 0.114. The van der Waals surface area contributed by atoms with Gasteiger partial charge in [0.15, 0.2) is 17.3 Å². The number of unbranched alkanes of at least 4 members (excludes halogenated alkanes) is 1. The fourth-order valence-corrected chi connectivity index (χ4v) is 7.10. The number of tetrazole rings is 1. The molecule has 52 heavy (non-hydrogen) atoms. The smallest absolute Gasteiger partial charge is 0.356 e.